The molecule has 1 atom stereocenters. The number of carbonyl (C=O) groups is 1. The smallest absolute Gasteiger partial charge is 0.361 e. The molecule has 19 heavy (non-hydrogen) atoms. The first-order chi connectivity index (χ1) is 8.76. The van der Waals surface area contributed by atoms with E-state index in [1.165, 1.54) is 0 Å². The number of rotatable bonds is 5. The van der Waals surface area contributed by atoms with Gasteiger partial charge in [0.05, 0.1) is 6.04 Å². The molecule has 0 amide bonds. The molecule has 0 saturated carbocycles. The van der Waals surface area contributed by atoms with Crippen molar-refractivity contribution in [1.82, 2.24) is 20.7 Å². The second-order valence-electron chi connectivity index (χ2n) is 5.84. The second-order valence-corrected chi connectivity index (χ2v) is 5.84. The van der Waals surface area contributed by atoms with Crippen molar-refractivity contribution in [3.8, 4) is 0 Å². The number of aromatic amines is 1. The van der Waals surface area contributed by atoms with E-state index in [0.29, 0.717) is 11.6 Å². The second kappa shape index (κ2) is 6.14. The Balaban J connectivity index is 2.99. The summed E-state index contributed by atoms with van der Waals surface area (Å²) in [4.78, 5) is 12.1. The van der Waals surface area contributed by atoms with E-state index in [-0.39, 0.29) is 11.7 Å². The average Bonchev–Trinajstić information content (AvgIpc) is 2.71. The standard InChI is InChI=1S/C13H24N4O2/c1-7-14-9(8(2)3)10-11(16-17-15-10)12(18)19-13(4,5)6/h8-9,14H,7H2,1-6H3,(H,15,16,17). The van der Waals surface area contributed by atoms with Gasteiger partial charge in [0.25, 0.3) is 0 Å². The Morgan fingerprint density at radius 2 is 2.00 bits per heavy atom. The van der Waals surface area contributed by atoms with Crippen LogP contribution < -0.4 is 5.32 Å². The predicted molar refractivity (Wildman–Crippen MR) is 72.8 cm³/mol. The third-order valence-electron chi connectivity index (χ3n) is 2.55. The molecule has 0 aliphatic carbocycles. The van der Waals surface area contributed by atoms with E-state index in [1.807, 2.05) is 27.7 Å². The van der Waals surface area contributed by atoms with Crippen LogP contribution in [0.3, 0.4) is 0 Å². The molecule has 0 fully saturated rings. The van der Waals surface area contributed by atoms with E-state index >= 15 is 0 Å². The van der Waals surface area contributed by atoms with Crippen LogP contribution in [0.15, 0.2) is 0 Å². The molecule has 0 spiro atoms. The molecule has 1 heterocycles. The van der Waals surface area contributed by atoms with Crippen LogP contribution in [0.4, 0.5) is 0 Å². The summed E-state index contributed by atoms with van der Waals surface area (Å²) in [6.07, 6.45) is 0. The van der Waals surface area contributed by atoms with Crippen molar-refractivity contribution in [1.29, 1.82) is 0 Å². The molecule has 1 aromatic rings. The number of aromatic nitrogens is 3. The predicted octanol–water partition coefficient (Wildman–Crippen LogP) is 2.07. The number of hydrogen-bond acceptors (Lipinski definition) is 5. The van der Waals surface area contributed by atoms with Gasteiger partial charge in [-0.1, -0.05) is 20.8 Å². The zero-order valence-electron chi connectivity index (χ0n) is 12.6. The molecule has 108 valence electrons. The molecular weight excluding hydrogens is 244 g/mol. The van der Waals surface area contributed by atoms with Crippen molar-refractivity contribution in [2.75, 3.05) is 6.54 Å². The molecule has 1 aromatic heterocycles. The van der Waals surface area contributed by atoms with Gasteiger partial charge in [0, 0.05) is 0 Å². The van der Waals surface area contributed by atoms with Crippen LogP contribution in [0.25, 0.3) is 0 Å². The van der Waals surface area contributed by atoms with Crippen molar-refractivity contribution in [3.05, 3.63) is 11.4 Å². The third-order valence-corrected chi connectivity index (χ3v) is 2.55. The van der Waals surface area contributed by atoms with Gasteiger partial charge in [-0.05, 0) is 33.2 Å². The Labute approximate surface area is 114 Å². The topological polar surface area (TPSA) is 79.9 Å². The minimum Gasteiger partial charge on any atom is -0.455 e. The summed E-state index contributed by atoms with van der Waals surface area (Å²) >= 11 is 0. The van der Waals surface area contributed by atoms with Crippen LogP contribution in [0.2, 0.25) is 0 Å². The molecule has 6 heteroatoms. The lowest BCUT2D eigenvalue weighted by Gasteiger charge is -2.22. The highest BCUT2D eigenvalue weighted by atomic mass is 16.6. The third kappa shape index (κ3) is 4.31. The van der Waals surface area contributed by atoms with E-state index in [2.05, 4.69) is 34.6 Å². The molecule has 1 rings (SSSR count). The Hall–Kier alpha value is -1.43. The van der Waals surface area contributed by atoms with Crippen LogP contribution in [-0.4, -0.2) is 33.5 Å². The number of carbonyl (C=O) groups excluding carboxylic acids is 1. The first-order valence-corrected chi connectivity index (χ1v) is 6.63. The average molecular weight is 268 g/mol. The zero-order valence-corrected chi connectivity index (χ0v) is 12.6. The van der Waals surface area contributed by atoms with Crippen LogP contribution in [0, 0.1) is 5.92 Å². The van der Waals surface area contributed by atoms with E-state index in [1.54, 1.807) is 0 Å². The Bertz CT molecular complexity index is 421. The quantitative estimate of drug-likeness (QED) is 0.799. The molecule has 6 nitrogen and oxygen atoms in total. The van der Waals surface area contributed by atoms with Gasteiger partial charge in [-0.25, -0.2) is 4.79 Å². The molecule has 1 unspecified atom stereocenters. The number of hydrogen-bond donors (Lipinski definition) is 2. The lowest BCUT2D eigenvalue weighted by atomic mass is 9.99. The maximum atomic E-state index is 12.1. The Kier molecular flexibility index (Phi) is 5.05. The van der Waals surface area contributed by atoms with E-state index < -0.39 is 11.6 Å². The SMILES string of the molecule is CCNC(c1n[nH]nc1C(=O)OC(C)(C)C)C(C)C. The molecular formula is C13H24N4O2. The van der Waals surface area contributed by atoms with E-state index in [9.17, 15) is 4.79 Å². The van der Waals surface area contributed by atoms with Gasteiger partial charge in [-0.15, -0.1) is 5.10 Å². The van der Waals surface area contributed by atoms with Crippen LogP contribution in [0.5, 0.6) is 0 Å². The van der Waals surface area contributed by atoms with Crippen molar-refractivity contribution < 1.29 is 9.53 Å². The van der Waals surface area contributed by atoms with Gasteiger partial charge >= 0.3 is 5.97 Å². The van der Waals surface area contributed by atoms with Gasteiger partial charge in [0.1, 0.15) is 11.3 Å². The van der Waals surface area contributed by atoms with Crippen molar-refractivity contribution >= 4 is 5.97 Å². The minimum absolute atomic E-state index is 0.0220. The number of H-pyrrole nitrogens is 1. The number of esters is 1. The fourth-order valence-electron chi connectivity index (χ4n) is 1.80. The lowest BCUT2D eigenvalue weighted by molar-refractivity contribution is 0.00604. The molecule has 0 radical (unpaired) electrons. The Morgan fingerprint density at radius 1 is 1.37 bits per heavy atom. The summed E-state index contributed by atoms with van der Waals surface area (Å²) in [5, 5.41) is 13.9. The summed E-state index contributed by atoms with van der Waals surface area (Å²) in [5.41, 5.74) is 0.333. The first-order valence-electron chi connectivity index (χ1n) is 6.63. The fourth-order valence-corrected chi connectivity index (χ4v) is 1.80. The highest BCUT2D eigenvalue weighted by Crippen LogP contribution is 2.23. The molecule has 2 N–H and O–H groups in total. The minimum atomic E-state index is -0.543. The van der Waals surface area contributed by atoms with Crippen LogP contribution >= 0.6 is 0 Å². The highest BCUT2D eigenvalue weighted by molar-refractivity contribution is 5.88. The molecule has 0 saturated heterocycles. The van der Waals surface area contributed by atoms with Gasteiger partial charge < -0.3 is 10.1 Å². The molecule has 0 aliphatic rings. The fraction of sp³-hybridized carbons (Fsp3) is 0.769. The summed E-state index contributed by atoms with van der Waals surface area (Å²) in [6, 6.07) is -0.0220. The number of ether oxygens (including phenoxy) is 1. The number of nitrogens with zero attached hydrogens (tertiary/aromatic N) is 2. The van der Waals surface area contributed by atoms with Gasteiger partial charge in [0.15, 0.2) is 5.69 Å². The lowest BCUT2D eigenvalue weighted by Crippen LogP contribution is -2.29. The van der Waals surface area contributed by atoms with Crippen LogP contribution in [0.1, 0.15) is 63.8 Å². The summed E-state index contributed by atoms with van der Waals surface area (Å²) in [5.74, 6) is -0.147. The van der Waals surface area contributed by atoms with Gasteiger partial charge in [-0.3, -0.25) is 0 Å². The molecule has 0 aromatic carbocycles. The summed E-state index contributed by atoms with van der Waals surface area (Å²) in [7, 11) is 0. The number of nitrogens with one attached hydrogen (secondary N) is 2. The normalized spacial score (nSPS) is 13.6. The largest absolute Gasteiger partial charge is 0.455 e. The van der Waals surface area contributed by atoms with Gasteiger partial charge in [-0.2, -0.15) is 10.3 Å². The summed E-state index contributed by atoms with van der Waals surface area (Å²) < 4.78 is 5.34. The first kappa shape index (κ1) is 15.6. The van der Waals surface area contributed by atoms with E-state index in [0.717, 1.165) is 6.54 Å². The Morgan fingerprint density at radius 3 is 2.47 bits per heavy atom. The maximum absolute atomic E-state index is 12.1. The van der Waals surface area contributed by atoms with Crippen molar-refractivity contribution in [3.63, 3.8) is 0 Å². The van der Waals surface area contributed by atoms with Gasteiger partial charge in [0.2, 0.25) is 0 Å². The maximum Gasteiger partial charge on any atom is 0.361 e. The van der Waals surface area contributed by atoms with Crippen molar-refractivity contribution in [2.45, 2.75) is 53.2 Å². The highest BCUT2D eigenvalue weighted by Gasteiger charge is 2.28. The molecule has 0 aliphatic heterocycles. The van der Waals surface area contributed by atoms with Crippen molar-refractivity contribution in [2.24, 2.45) is 5.92 Å². The van der Waals surface area contributed by atoms with Crippen LogP contribution in [-0.2, 0) is 4.74 Å². The monoisotopic (exact) mass is 268 g/mol. The zero-order chi connectivity index (χ0) is 14.6. The van der Waals surface area contributed by atoms with E-state index in [4.69, 9.17) is 4.74 Å². The molecule has 0 bridgehead atoms. The summed E-state index contributed by atoms with van der Waals surface area (Å²) in [6.45, 7) is 12.4.